The van der Waals surface area contributed by atoms with Crippen LogP contribution in [0.1, 0.15) is 65.0 Å². The smallest absolute Gasteiger partial charge is 0.126 e. The van der Waals surface area contributed by atoms with Crippen molar-refractivity contribution in [3.8, 4) is 0 Å². The van der Waals surface area contributed by atoms with Gasteiger partial charge in [-0.15, -0.1) is 0 Å². The Hall–Kier alpha value is -1.11. The Balaban J connectivity index is 3.33. The van der Waals surface area contributed by atoms with Gasteiger partial charge in [-0.1, -0.05) is 39.8 Å². The molecule has 0 fully saturated rings. The molecule has 0 aliphatic heterocycles. The summed E-state index contributed by atoms with van der Waals surface area (Å²) < 4.78 is 14.1. The zero-order chi connectivity index (χ0) is 13.8. The van der Waals surface area contributed by atoms with E-state index in [4.69, 9.17) is 0 Å². The highest BCUT2D eigenvalue weighted by Gasteiger charge is 2.26. The standard InChI is InChI=1S/C17H25F/c1-6-13(7-2)14-10-11-16(18)15(12-14)17(5,8-3)9-4/h6,10-12H,7-9H2,1-5H3. The Bertz CT molecular complexity index is 425. The van der Waals surface area contributed by atoms with Crippen molar-refractivity contribution in [2.75, 3.05) is 0 Å². The van der Waals surface area contributed by atoms with E-state index in [1.165, 1.54) is 5.57 Å². The van der Waals surface area contributed by atoms with Crippen LogP contribution in [-0.2, 0) is 5.41 Å². The van der Waals surface area contributed by atoms with Gasteiger partial charge in [-0.3, -0.25) is 0 Å². The van der Waals surface area contributed by atoms with E-state index in [-0.39, 0.29) is 11.2 Å². The lowest BCUT2D eigenvalue weighted by Gasteiger charge is -2.28. The molecule has 0 atom stereocenters. The normalized spacial score (nSPS) is 12.9. The zero-order valence-corrected chi connectivity index (χ0v) is 12.3. The quantitative estimate of drug-likeness (QED) is 0.625. The van der Waals surface area contributed by atoms with E-state index in [2.05, 4.69) is 33.8 Å². The van der Waals surface area contributed by atoms with Gasteiger partial charge in [0, 0.05) is 0 Å². The van der Waals surface area contributed by atoms with Crippen molar-refractivity contribution >= 4 is 5.57 Å². The summed E-state index contributed by atoms with van der Waals surface area (Å²) in [5.41, 5.74) is 3.24. The fraction of sp³-hybridized carbons (Fsp3) is 0.529. The lowest BCUT2D eigenvalue weighted by atomic mass is 9.76. The molecule has 0 bridgehead atoms. The second-order valence-electron chi connectivity index (χ2n) is 5.13. The van der Waals surface area contributed by atoms with Gasteiger partial charge in [0.15, 0.2) is 0 Å². The Morgan fingerprint density at radius 3 is 2.28 bits per heavy atom. The van der Waals surface area contributed by atoms with Gasteiger partial charge in [0.25, 0.3) is 0 Å². The van der Waals surface area contributed by atoms with E-state index in [0.717, 1.165) is 30.4 Å². The third-order valence-corrected chi connectivity index (χ3v) is 4.28. The van der Waals surface area contributed by atoms with Crippen molar-refractivity contribution in [1.29, 1.82) is 0 Å². The van der Waals surface area contributed by atoms with Crippen molar-refractivity contribution in [2.24, 2.45) is 0 Å². The number of allylic oxidation sites excluding steroid dienone is 2. The zero-order valence-electron chi connectivity index (χ0n) is 12.3. The minimum Gasteiger partial charge on any atom is -0.207 e. The third-order valence-electron chi connectivity index (χ3n) is 4.28. The van der Waals surface area contributed by atoms with Gasteiger partial charge in [-0.2, -0.15) is 0 Å². The van der Waals surface area contributed by atoms with Crippen LogP contribution in [0.25, 0.3) is 5.57 Å². The fourth-order valence-corrected chi connectivity index (χ4v) is 2.39. The fourth-order valence-electron chi connectivity index (χ4n) is 2.39. The van der Waals surface area contributed by atoms with Crippen LogP contribution in [0.3, 0.4) is 0 Å². The second kappa shape index (κ2) is 6.17. The molecule has 0 unspecified atom stereocenters. The van der Waals surface area contributed by atoms with Crippen molar-refractivity contribution in [3.63, 3.8) is 0 Å². The molecule has 0 aliphatic rings. The summed E-state index contributed by atoms with van der Waals surface area (Å²) in [4.78, 5) is 0. The highest BCUT2D eigenvalue weighted by atomic mass is 19.1. The number of hydrogen-bond donors (Lipinski definition) is 0. The lowest BCUT2D eigenvalue weighted by Crippen LogP contribution is -2.21. The van der Waals surface area contributed by atoms with Crippen molar-refractivity contribution in [1.82, 2.24) is 0 Å². The minimum absolute atomic E-state index is 0.0628. The van der Waals surface area contributed by atoms with Gasteiger partial charge < -0.3 is 0 Å². The SMILES string of the molecule is CC=C(CC)c1ccc(F)c(C(C)(CC)CC)c1. The molecule has 0 aromatic heterocycles. The van der Waals surface area contributed by atoms with Crippen LogP contribution in [-0.4, -0.2) is 0 Å². The predicted octanol–water partition coefficient (Wildman–Crippen LogP) is 5.72. The Kier molecular flexibility index (Phi) is 5.13. The molecular formula is C17H25F. The molecule has 18 heavy (non-hydrogen) atoms. The van der Waals surface area contributed by atoms with Gasteiger partial charge in [-0.25, -0.2) is 4.39 Å². The molecule has 0 spiro atoms. The summed E-state index contributed by atoms with van der Waals surface area (Å²) in [5.74, 6) is -0.0727. The maximum atomic E-state index is 14.1. The van der Waals surface area contributed by atoms with Crippen LogP contribution in [0.4, 0.5) is 4.39 Å². The molecule has 0 nitrogen and oxygen atoms in total. The first kappa shape index (κ1) is 14.9. The largest absolute Gasteiger partial charge is 0.207 e. The van der Waals surface area contributed by atoms with E-state index >= 15 is 0 Å². The molecule has 1 heteroatoms. The molecule has 0 N–H and O–H groups in total. The van der Waals surface area contributed by atoms with Gasteiger partial charge in [0.1, 0.15) is 5.82 Å². The molecule has 0 aliphatic carbocycles. The Morgan fingerprint density at radius 2 is 1.83 bits per heavy atom. The van der Waals surface area contributed by atoms with Crippen LogP contribution in [0.5, 0.6) is 0 Å². The number of hydrogen-bond acceptors (Lipinski definition) is 0. The average Bonchev–Trinajstić information content (AvgIpc) is 2.41. The monoisotopic (exact) mass is 248 g/mol. The highest BCUT2D eigenvalue weighted by molar-refractivity contribution is 5.66. The summed E-state index contributed by atoms with van der Waals surface area (Å²) in [7, 11) is 0. The van der Waals surface area contributed by atoms with Gasteiger partial charge >= 0.3 is 0 Å². The molecular weight excluding hydrogens is 223 g/mol. The number of benzene rings is 1. The first-order chi connectivity index (χ1) is 8.52. The molecule has 0 saturated heterocycles. The number of rotatable bonds is 5. The molecule has 100 valence electrons. The van der Waals surface area contributed by atoms with E-state index in [9.17, 15) is 4.39 Å². The minimum atomic E-state index is -0.0727. The van der Waals surface area contributed by atoms with Crippen LogP contribution < -0.4 is 0 Å². The maximum absolute atomic E-state index is 14.1. The molecule has 0 heterocycles. The second-order valence-corrected chi connectivity index (χ2v) is 5.13. The van der Waals surface area contributed by atoms with E-state index in [0.29, 0.717) is 0 Å². The lowest BCUT2D eigenvalue weighted by molar-refractivity contribution is 0.415. The van der Waals surface area contributed by atoms with Crippen LogP contribution >= 0.6 is 0 Å². The Morgan fingerprint density at radius 1 is 1.22 bits per heavy atom. The first-order valence-corrected chi connectivity index (χ1v) is 6.98. The van der Waals surface area contributed by atoms with E-state index in [1.54, 1.807) is 6.07 Å². The first-order valence-electron chi connectivity index (χ1n) is 6.98. The third kappa shape index (κ3) is 2.82. The van der Waals surface area contributed by atoms with Crippen molar-refractivity contribution in [2.45, 2.75) is 59.3 Å². The molecule has 0 saturated carbocycles. The van der Waals surface area contributed by atoms with Crippen molar-refractivity contribution in [3.05, 3.63) is 41.2 Å². The molecule has 1 aromatic rings. The highest BCUT2D eigenvalue weighted by Crippen LogP contribution is 2.34. The molecule has 1 aromatic carbocycles. The molecule has 0 amide bonds. The van der Waals surface area contributed by atoms with Gasteiger partial charge in [-0.05, 0) is 60.4 Å². The Labute approximate surface area is 111 Å². The predicted molar refractivity (Wildman–Crippen MR) is 78.3 cm³/mol. The van der Waals surface area contributed by atoms with Crippen LogP contribution in [0.2, 0.25) is 0 Å². The maximum Gasteiger partial charge on any atom is 0.126 e. The summed E-state index contributed by atoms with van der Waals surface area (Å²) in [6.45, 7) is 10.6. The average molecular weight is 248 g/mol. The van der Waals surface area contributed by atoms with Crippen molar-refractivity contribution < 1.29 is 4.39 Å². The number of halogens is 1. The van der Waals surface area contributed by atoms with E-state index < -0.39 is 0 Å². The summed E-state index contributed by atoms with van der Waals surface area (Å²) in [5, 5.41) is 0. The van der Waals surface area contributed by atoms with Gasteiger partial charge in [0.2, 0.25) is 0 Å². The van der Waals surface area contributed by atoms with E-state index in [1.807, 2.05) is 19.1 Å². The van der Waals surface area contributed by atoms with Crippen LogP contribution in [0, 0.1) is 5.82 Å². The van der Waals surface area contributed by atoms with Gasteiger partial charge in [0.05, 0.1) is 0 Å². The molecule has 1 rings (SSSR count). The summed E-state index contributed by atoms with van der Waals surface area (Å²) in [6.07, 6.45) is 5.02. The van der Waals surface area contributed by atoms with Crippen LogP contribution in [0.15, 0.2) is 24.3 Å². The summed E-state index contributed by atoms with van der Waals surface area (Å²) in [6, 6.07) is 5.55. The topological polar surface area (TPSA) is 0 Å². The summed E-state index contributed by atoms with van der Waals surface area (Å²) >= 11 is 0. The molecule has 0 radical (unpaired) electrons.